The van der Waals surface area contributed by atoms with Crippen LogP contribution in [-0.2, 0) is 22.7 Å². The zero-order chi connectivity index (χ0) is 24.1. The summed E-state index contributed by atoms with van der Waals surface area (Å²) in [5, 5.41) is 14.0. The number of nitriles is 1. The number of nitrogens with zero attached hydrogens (tertiary/aromatic N) is 1. The Kier molecular flexibility index (Phi) is 7.01. The number of urea groups is 1. The Morgan fingerprint density at radius 1 is 0.909 bits per heavy atom. The average Bonchev–Trinajstić information content (AvgIpc) is 2.78. The van der Waals surface area contributed by atoms with E-state index in [9.17, 15) is 26.4 Å². The Hall–Kier alpha value is -3.88. The van der Waals surface area contributed by atoms with Crippen molar-refractivity contribution in [3.63, 3.8) is 0 Å². The zero-order valence-corrected chi connectivity index (χ0v) is 17.7. The van der Waals surface area contributed by atoms with Gasteiger partial charge in [-0.3, -0.25) is 0 Å². The molecule has 0 radical (unpaired) electrons. The number of carbonyl (C=O) groups is 1. The van der Waals surface area contributed by atoms with Gasteiger partial charge in [-0.15, -0.1) is 0 Å². The first-order chi connectivity index (χ1) is 15.6. The van der Waals surface area contributed by atoms with E-state index in [4.69, 9.17) is 5.26 Å². The van der Waals surface area contributed by atoms with Crippen LogP contribution in [0.2, 0.25) is 0 Å². The van der Waals surface area contributed by atoms with E-state index in [0.29, 0.717) is 16.9 Å². The summed E-state index contributed by atoms with van der Waals surface area (Å²) in [7, 11) is -4.00. The van der Waals surface area contributed by atoms with Gasteiger partial charge in [0, 0.05) is 17.9 Å². The molecule has 0 unspecified atom stereocenters. The van der Waals surface area contributed by atoms with Crippen LogP contribution in [0.25, 0.3) is 0 Å². The van der Waals surface area contributed by atoms with Gasteiger partial charge in [0.05, 0.1) is 22.1 Å². The Balaban J connectivity index is 1.61. The number of anilines is 2. The normalized spacial score (nSPS) is 11.5. The van der Waals surface area contributed by atoms with Crippen molar-refractivity contribution in [1.29, 1.82) is 5.26 Å². The van der Waals surface area contributed by atoms with Gasteiger partial charge in [0.1, 0.15) is 0 Å². The van der Waals surface area contributed by atoms with Crippen molar-refractivity contribution in [1.82, 2.24) is 4.72 Å². The third-order valence-electron chi connectivity index (χ3n) is 4.39. The van der Waals surface area contributed by atoms with Crippen LogP contribution in [0.15, 0.2) is 77.7 Å². The molecule has 0 aliphatic heterocycles. The van der Waals surface area contributed by atoms with Gasteiger partial charge in [-0.2, -0.15) is 18.4 Å². The molecule has 0 aromatic heterocycles. The lowest BCUT2D eigenvalue weighted by molar-refractivity contribution is -0.137. The molecule has 33 heavy (non-hydrogen) atoms. The number of alkyl halides is 3. The second-order valence-corrected chi connectivity index (χ2v) is 8.59. The van der Waals surface area contributed by atoms with E-state index in [-0.39, 0.29) is 17.0 Å². The fraction of sp³-hybridized carbons (Fsp3) is 0.0909. The van der Waals surface area contributed by atoms with Crippen LogP contribution >= 0.6 is 0 Å². The topological polar surface area (TPSA) is 111 Å². The number of hydrogen-bond donors (Lipinski definition) is 3. The predicted molar refractivity (Wildman–Crippen MR) is 116 cm³/mol. The van der Waals surface area contributed by atoms with Gasteiger partial charge in [-0.05, 0) is 54.1 Å². The molecule has 3 aromatic rings. The van der Waals surface area contributed by atoms with Gasteiger partial charge in [0.15, 0.2) is 0 Å². The largest absolute Gasteiger partial charge is 0.416 e. The first kappa shape index (κ1) is 23.8. The number of rotatable bonds is 6. The van der Waals surface area contributed by atoms with Crippen LogP contribution < -0.4 is 15.4 Å². The number of carbonyl (C=O) groups excluding carboxylic acids is 1. The molecule has 0 bridgehead atoms. The summed E-state index contributed by atoms with van der Waals surface area (Å²) in [5.74, 6) is 0. The molecule has 0 fully saturated rings. The fourth-order valence-electron chi connectivity index (χ4n) is 2.80. The fourth-order valence-corrected chi connectivity index (χ4v) is 3.81. The highest BCUT2D eigenvalue weighted by Crippen LogP contribution is 2.29. The maximum absolute atomic E-state index is 12.8. The Labute approximate surface area is 187 Å². The van der Waals surface area contributed by atoms with Gasteiger partial charge in [-0.1, -0.05) is 24.3 Å². The SMILES string of the molecule is N#Cc1cccc(NC(=O)Nc2ccc(S(=O)(=O)NCc3cccc(C(F)(F)F)c3)cc2)c1. The first-order valence-corrected chi connectivity index (χ1v) is 10.9. The van der Waals surface area contributed by atoms with Gasteiger partial charge >= 0.3 is 12.2 Å². The monoisotopic (exact) mass is 474 g/mol. The molecule has 0 aliphatic carbocycles. The van der Waals surface area contributed by atoms with E-state index in [2.05, 4.69) is 15.4 Å². The minimum Gasteiger partial charge on any atom is -0.308 e. The Morgan fingerprint density at radius 3 is 2.24 bits per heavy atom. The maximum atomic E-state index is 12.8. The van der Waals surface area contributed by atoms with E-state index in [0.717, 1.165) is 12.1 Å². The van der Waals surface area contributed by atoms with E-state index in [1.54, 1.807) is 18.2 Å². The molecular formula is C22H17F3N4O3S. The Morgan fingerprint density at radius 2 is 1.58 bits per heavy atom. The highest BCUT2D eigenvalue weighted by Gasteiger charge is 2.30. The van der Waals surface area contributed by atoms with Crippen molar-refractivity contribution in [2.24, 2.45) is 0 Å². The van der Waals surface area contributed by atoms with Gasteiger partial charge in [-0.25, -0.2) is 17.9 Å². The summed E-state index contributed by atoms with van der Waals surface area (Å²) in [6, 6.07) is 17.3. The number of benzene rings is 3. The second kappa shape index (κ2) is 9.72. The van der Waals surface area contributed by atoms with Crippen LogP contribution in [0, 0.1) is 11.3 Å². The molecule has 0 spiro atoms. The van der Waals surface area contributed by atoms with Crippen molar-refractivity contribution in [2.45, 2.75) is 17.6 Å². The average molecular weight is 474 g/mol. The van der Waals surface area contributed by atoms with E-state index in [1.165, 1.54) is 42.5 Å². The number of nitrogens with one attached hydrogen (secondary N) is 3. The van der Waals surface area contributed by atoms with E-state index in [1.807, 2.05) is 6.07 Å². The zero-order valence-electron chi connectivity index (χ0n) is 16.8. The molecule has 0 atom stereocenters. The van der Waals surface area contributed by atoms with Gasteiger partial charge < -0.3 is 10.6 Å². The van der Waals surface area contributed by atoms with Gasteiger partial charge in [0.25, 0.3) is 0 Å². The van der Waals surface area contributed by atoms with Crippen LogP contribution in [-0.4, -0.2) is 14.4 Å². The van der Waals surface area contributed by atoms with Crippen LogP contribution in [0.4, 0.5) is 29.3 Å². The summed E-state index contributed by atoms with van der Waals surface area (Å²) in [6.07, 6.45) is -4.53. The number of hydrogen-bond acceptors (Lipinski definition) is 4. The molecule has 11 heteroatoms. The molecular weight excluding hydrogens is 457 g/mol. The summed E-state index contributed by atoms with van der Waals surface area (Å²) >= 11 is 0. The molecule has 0 saturated carbocycles. The third kappa shape index (κ3) is 6.55. The summed E-state index contributed by atoms with van der Waals surface area (Å²) in [6.45, 7) is -0.323. The number of halogens is 3. The molecule has 0 saturated heterocycles. The van der Waals surface area contributed by atoms with Crippen LogP contribution in [0.3, 0.4) is 0 Å². The molecule has 0 aliphatic rings. The lowest BCUT2D eigenvalue weighted by Crippen LogP contribution is -2.23. The van der Waals surface area contributed by atoms with Crippen molar-refractivity contribution in [3.8, 4) is 6.07 Å². The van der Waals surface area contributed by atoms with Crippen LogP contribution in [0.5, 0.6) is 0 Å². The van der Waals surface area contributed by atoms with Crippen molar-refractivity contribution < 1.29 is 26.4 Å². The number of amides is 2. The molecule has 170 valence electrons. The van der Waals surface area contributed by atoms with E-state index >= 15 is 0 Å². The minimum absolute atomic E-state index is 0.123. The standard InChI is InChI=1S/C22H17F3N4O3S/c23-22(24,25)17-5-1-4-16(11-17)14-27-33(31,32)20-9-7-18(8-10-20)28-21(30)29-19-6-2-3-15(12-19)13-26/h1-12,27H,14H2,(H2,28,29,30). The Bertz CT molecular complexity index is 1300. The first-order valence-electron chi connectivity index (χ1n) is 9.41. The maximum Gasteiger partial charge on any atom is 0.416 e. The lowest BCUT2D eigenvalue weighted by Gasteiger charge is -2.11. The molecule has 3 rings (SSSR count). The van der Waals surface area contributed by atoms with Crippen molar-refractivity contribution >= 4 is 27.4 Å². The third-order valence-corrected chi connectivity index (χ3v) is 5.81. The summed E-state index contributed by atoms with van der Waals surface area (Å²) in [4.78, 5) is 12.0. The van der Waals surface area contributed by atoms with Crippen molar-refractivity contribution in [3.05, 3.63) is 89.5 Å². The lowest BCUT2D eigenvalue weighted by atomic mass is 10.1. The molecule has 3 aromatic carbocycles. The van der Waals surface area contributed by atoms with Crippen LogP contribution in [0.1, 0.15) is 16.7 Å². The molecule has 0 heterocycles. The van der Waals surface area contributed by atoms with Crippen molar-refractivity contribution in [2.75, 3.05) is 10.6 Å². The quantitative estimate of drug-likeness (QED) is 0.481. The predicted octanol–water partition coefficient (Wildman–Crippen LogP) is 4.70. The smallest absolute Gasteiger partial charge is 0.308 e. The summed E-state index contributed by atoms with van der Waals surface area (Å²) in [5.41, 5.74) is 0.376. The number of sulfonamides is 1. The summed E-state index contributed by atoms with van der Waals surface area (Å²) < 4.78 is 65.6. The molecule has 3 N–H and O–H groups in total. The van der Waals surface area contributed by atoms with E-state index < -0.39 is 27.8 Å². The highest BCUT2D eigenvalue weighted by molar-refractivity contribution is 7.89. The second-order valence-electron chi connectivity index (χ2n) is 6.82. The molecule has 7 nitrogen and oxygen atoms in total. The molecule has 2 amide bonds. The minimum atomic E-state index is -4.53. The highest BCUT2D eigenvalue weighted by atomic mass is 32.2. The van der Waals surface area contributed by atoms with Gasteiger partial charge in [0.2, 0.25) is 10.0 Å².